The molecule has 10 rings (SSSR count). The van der Waals surface area contributed by atoms with Crippen molar-refractivity contribution < 1.29 is 33.2 Å². The largest absolute Gasteiger partial charge is 0.352 e. The van der Waals surface area contributed by atoms with E-state index < -0.39 is 40.7 Å². The number of nitrogens with one attached hydrogen (secondary N) is 3. The molecule has 4 atom stereocenters. The fourth-order valence-corrected chi connectivity index (χ4v) is 13.4. The lowest BCUT2D eigenvalue weighted by Gasteiger charge is -2.53. The monoisotopic (exact) mass is 948 g/mol. The average Bonchev–Trinajstić information content (AvgIpc) is 3.76. The predicted octanol–water partition coefficient (Wildman–Crippen LogP) is 7.14. The van der Waals surface area contributed by atoms with Crippen molar-refractivity contribution in [2.75, 3.05) is 25.5 Å². The second kappa shape index (κ2) is 18.0. The minimum Gasteiger partial charge on any atom is -0.352 e. The molecule has 67 heavy (non-hydrogen) atoms. The van der Waals surface area contributed by atoms with Gasteiger partial charge in [-0.25, -0.2) is 4.39 Å². The Bertz CT molecular complexity index is 2630. The number of halogens is 3. The van der Waals surface area contributed by atoms with E-state index in [0.29, 0.717) is 80.7 Å². The van der Waals surface area contributed by atoms with Gasteiger partial charge in [-0.1, -0.05) is 78.6 Å². The highest BCUT2D eigenvalue weighted by atomic mass is 35.5. The normalized spacial score (nSPS) is 28.4. The van der Waals surface area contributed by atoms with Crippen molar-refractivity contribution in [2.24, 2.45) is 17.3 Å². The molecule has 6 amide bonds. The Balaban J connectivity index is 0.797. The summed E-state index contributed by atoms with van der Waals surface area (Å²) in [6.45, 7) is 1.44. The Morgan fingerprint density at radius 2 is 1.63 bits per heavy atom. The highest BCUT2D eigenvalue weighted by molar-refractivity contribution is 6.31. The van der Waals surface area contributed by atoms with Crippen LogP contribution in [0.2, 0.25) is 10.0 Å². The molecule has 0 radical (unpaired) electrons. The quantitative estimate of drug-likeness (QED) is 0.182. The average molecular weight is 950 g/mol. The molecule has 5 heterocycles. The smallest absolute Gasteiger partial charge is 0.255 e. The lowest BCUT2D eigenvalue weighted by Crippen LogP contribution is -2.62. The summed E-state index contributed by atoms with van der Waals surface area (Å²) in [5.74, 6) is 3.81. The number of benzene rings is 3. The zero-order valence-electron chi connectivity index (χ0n) is 37.6. The van der Waals surface area contributed by atoms with Gasteiger partial charge >= 0.3 is 0 Å². The zero-order chi connectivity index (χ0) is 46.8. The van der Waals surface area contributed by atoms with E-state index >= 15 is 4.39 Å². The SMILES string of the molecule is CN1[C@@H](C(=O)NC2CCC(C(=O)N3CCC(C#Cc4cccc5c4CN(C4CCC(=O)NC4=O)C5=O)CC3)CC2)[C@H](c2cccc(Cl)c2F)[C@@]2(Cc3ccc(Cl)cc3NC2=O)C12CCCCC2. The highest BCUT2D eigenvalue weighted by Crippen LogP contribution is 2.65. The second-order valence-electron chi connectivity index (χ2n) is 19.8. The summed E-state index contributed by atoms with van der Waals surface area (Å²) < 4.78 is 16.5. The fraction of sp³-hybridized carbons (Fsp3) is 0.500. The molecular weight excluding hydrogens is 895 g/mol. The van der Waals surface area contributed by atoms with Crippen molar-refractivity contribution in [2.45, 2.75) is 126 Å². The van der Waals surface area contributed by atoms with Crippen LogP contribution in [-0.2, 0) is 36.9 Å². The van der Waals surface area contributed by atoms with E-state index in [0.717, 1.165) is 48.8 Å². The number of carbonyl (C=O) groups excluding carboxylic acids is 6. The number of likely N-dealkylation sites (tertiary alicyclic amines) is 2. The first-order valence-corrected chi connectivity index (χ1v) is 24.7. The van der Waals surface area contributed by atoms with Crippen molar-refractivity contribution in [3.8, 4) is 11.8 Å². The van der Waals surface area contributed by atoms with E-state index in [1.807, 2.05) is 24.1 Å². The molecule has 5 fully saturated rings. The number of nitrogens with zero attached hydrogens (tertiary/aromatic N) is 3. The summed E-state index contributed by atoms with van der Waals surface area (Å²) in [5.41, 5.74) is 1.93. The van der Waals surface area contributed by atoms with Crippen molar-refractivity contribution >= 4 is 64.3 Å². The Morgan fingerprint density at radius 3 is 2.37 bits per heavy atom. The molecule has 7 aliphatic rings. The first kappa shape index (κ1) is 45.5. The van der Waals surface area contributed by atoms with Gasteiger partial charge in [0.2, 0.25) is 29.5 Å². The maximum atomic E-state index is 16.5. The topological polar surface area (TPSA) is 148 Å². The van der Waals surface area contributed by atoms with Crippen LogP contribution in [0.15, 0.2) is 54.6 Å². The summed E-state index contributed by atoms with van der Waals surface area (Å²) in [7, 11) is 1.93. The molecular formula is C52H55Cl2FN6O6. The van der Waals surface area contributed by atoms with Gasteiger partial charge in [-0.05, 0) is 118 Å². The van der Waals surface area contributed by atoms with Crippen LogP contribution in [-0.4, -0.2) is 93.9 Å². The van der Waals surface area contributed by atoms with Gasteiger partial charge in [0, 0.05) is 77.2 Å². The standard InChI is InChI=1S/C52H55Cl2FN6O6/c1-59-45(43(37-9-6-10-39(54)44(37)55)52(51(59)23-3-2-4-24-51)28-33-13-16-34(53)27-40(33)57-50(52)67)47(64)56-35-17-14-32(15-18-35)48(65)60-25-21-30(22-26-60)11-12-31-7-5-8-36-38(31)29-61(49(36)66)41-19-20-42(62)58-46(41)63/h5-10,13,16,27,30,32,35,41,43,45H,2-4,14-15,17-26,28-29H2,1H3,(H,56,64)(H,57,67)(H,58,62,63)/t32?,35?,41?,43-,45+,52+/m0/s1. The van der Waals surface area contributed by atoms with Crippen LogP contribution in [0.3, 0.4) is 0 Å². The van der Waals surface area contributed by atoms with Crippen LogP contribution in [0.4, 0.5) is 10.1 Å². The number of fused-ring (bicyclic) bond motifs is 3. The van der Waals surface area contributed by atoms with E-state index in [9.17, 15) is 28.8 Å². The minimum atomic E-state index is -1.19. The van der Waals surface area contributed by atoms with E-state index in [1.54, 1.807) is 36.4 Å². The molecule has 2 saturated carbocycles. The molecule has 15 heteroatoms. The van der Waals surface area contributed by atoms with Gasteiger partial charge in [0.25, 0.3) is 5.91 Å². The van der Waals surface area contributed by atoms with Crippen LogP contribution in [0, 0.1) is 34.9 Å². The predicted molar refractivity (Wildman–Crippen MR) is 250 cm³/mol. The van der Waals surface area contributed by atoms with Gasteiger partial charge < -0.3 is 20.4 Å². The van der Waals surface area contributed by atoms with Crippen LogP contribution in [0.5, 0.6) is 0 Å². The Kier molecular flexibility index (Phi) is 12.2. The Morgan fingerprint density at radius 1 is 0.881 bits per heavy atom. The lowest BCUT2D eigenvalue weighted by atomic mass is 9.54. The summed E-state index contributed by atoms with van der Waals surface area (Å²) in [5, 5.41) is 9.31. The molecule has 350 valence electrons. The van der Waals surface area contributed by atoms with Crippen molar-refractivity contribution in [3.05, 3.63) is 98.3 Å². The molecule has 2 aliphatic carbocycles. The third kappa shape index (κ3) is 7.81. The highest BCUT2D eigenvalue weighted by Gasteiger charge is 2.72. The third-order valence-electron chi connectivity index (χ3n) is 16.5. The summed E-state index contributed by atoms with van der Waals surface area (Å²) in [6, 6.07) is 14.0. The summed E-state index contributed by atoms with van der Waals surface area (Å²) in [4.78, 5) is 87.0. The summed E-state index contributed by atoms with van der Waals surface area (Å²) in [6.07, 6.45) is 8.87. The van der Waals surface area contributed by atoms with E-state index in [-0.39, 0.29) is 71.0 Å². The number of rotatable bonds is 5. The van der Waals surface area contributed by atoms with Crippen LogP contribution < -0.4 is 16.0 Å². The van der Waals surface area contributed by atoms with Gasteiger partial charge in [0.1, 0.15) is 11.9 Å². The number of piperidine rings is 2. The first-order chi connectivity index (χ1) is 32.3. The first-order valence-electron chi connectivity index (χ1n) is 23.9. The number of hydrogen-bond acceptors (Lipinski definition) is 7. The Hall–Kier alpha value is -5.29. The minimum absolute atomic E-state index is 0.0574. The van der Waals surface area contributed by atoms with E-state index in [4.69, 9.17) is 23.2 Å². The number of likely N-dealkylation sites (N-methyl/N-ethyl adjacent to an activating group) is 1. The number of hydrogen-bond donors (Lipinski definition) is 3. The number of amides is 6. The van der Waals surface area contributed by atoms with Gasteiger partial charge in [-0.3, -0.25) is 39.0 Å². The van der Waals surface area contributed by atoms with Gasteiger partial charge in [0.15, 0.2) is 0 Å². The van der Waals surface area contributed by atoms with Gasteiger partial charge in [0.05, 0.1) is 16.5 Å². The van der Waals surface area contributed by atoms with Crippen LogP contribution in [0.1, 0.15) is 122 Å². The summed E-state index contributed by atoms with van der Waals surface area (Å²) >= 11 is 12.9. The molecule has 3 N–H and O–H groups in total. The third-order valence-corrected chi connectivity index (χ3v) is 17.0. The molecule has 3 aromatic carbocycles. The van der Waals surface area contributed by atoms with Crippen molar-refractivity contribution in [3.63, 3.8) is 0 Å². The van der Waals surface area contributed by atoms with Gasteiger partial charge in [-0.2, -0.15) is 0 Å². The Labute approximate surface area is 400 Å². The molecule has 5 aliphatic heterocycles. The fourth-order valence-electron chi connectivity index (χ4n) is 13.0. The van der Waals surface area contributed by atoms with Crippen molar-refractivity contribution in [1.82, 2.24) is 25.3 Å². The molecule has 0 bridgehead atoms. The lowest BCUT2D eigenvalue weighted by molar-refractivity contribution is -0.138. The van der Waals surface area contributed by atoms with E-state index in [2.05, 4.69) is 32.7 Å². The van der Waals surface area contributed by atoms with Crippen molar-refractivity contribution in [1.29, 1.82) is 0 Å². The zero-order valence-corrected chi connectivity index (χ0v) is 39.1. The molecule has 3 saturated heterocycles. The maximum Gasteiger partial charge on any atom is 0.255 e. The maximum absolute atomic E-state index is 16.5. The molecule has 3 aromatic rings. The molecule has 0 aromatic heterocycles. The molecule has 1 unspecified atom stereocenters. The molecule has 12 nitrogen and oxygen atoms in total. The van der Waals surface area contributed by atoms with E-state index in [1.165, 1.54) is 11.0 Å². The van der Waals surface area contributed by atoms with Crippen LogP contribution >= 0.6 is 23.2 Å². The number of anilines is 1. The number of imide groups is 1. The van der Waals surface area contributed by atoms with Crippen LogP contribution in [0.25, 0.3) is 0 Å². The molecule has 2 spiro atoms. The number of carbonyl (C=O) groups is 6. The van der Waals surface area contributed by atoms with Gasteiger partial charge in [-0.15, -0.1) is 0 Å². The second-order valence-corrected chi connectivity index (χ2v) is 20.7.